The molecule has 0 unspecified atom stereocenters. The van der Waals surface area contributed by atoms with Gasteiger partial charge in [0, 0.05) is 28.4 Å². The topological polar surface area (TPSA) is 43.1 Å². The van der Waals surface area contributed by atoms with Crippen molar-refractivity contribution in [2.75, 3.05) is 6.26 Å². The molecule has 0 saturated carbocycles. The molecule has 2 aromatic heterocycles. The van der Waals surface area contributed by atoms with Crippen molar-refractivity contribution in [1.82, 2.24) is 4.98 Å². The first-order valence-electron chi connectivity index (χ1n) is 6.89. The molecule has 0 spiro atoms. The summed E-state index contributed by atoms with van der Waals surface area (Å²) in [6, 6.07) is 13.7. The predicted octanol–water partition coefficient (Wildman–Crippen LogP) is 4.40. The molecule has 0 fully saturated rings. The van der Waals surface area contributed by atoms with Crippen LogP contribution in [0.15, 0.2) is 69.0 Å². The van der Waals surface area contributed by atoms with Gasteiger partial charge in [0.1, 0.15) is 5.76 Å². The number of aryl methyl sites for hydroxylation is 1. The Morgan fingerprint density at radius 1 is 1.09 bits per heavy atom. The predicted molar refractivity (Wildman–Crippen MR) is 90.2 cm³/mol. The lowest BCUT2D eigenvalue weighted by Crippen LogP contribution is -2.06. The summed E-state index contributed by atoms with van der Waals surface area (Å²) >= 11 is 1.66. The van der Waals surface area contributed by atoms with E-state index < -0.39 is 0 Å². The summed E-state index contributed by atoms with van der Waals surface area (Å²) in [5, 5.41) is 0. The van der Waals surface area contributed by atoms with Crippen LogP contribution in [-0.2, 0) is 0 Å². The second-order valence-electron chi connectivity index (χ2n) is 4.88. The van der Waals surface area contributed by atoms with Crippen LogP contribution in [-0.4, -0.2) is 11.2 Å². The molecule has 3 rings (SSSR count). The lowest BCUT2D eigenvalue weighted by atomic mass is 9.97. The Morgan fingerprint density at radius 2 is 1.91 bits per heavy atom. The number of pyridine rings is 1. The normalized spacial score (nSPS) is 10.6. The Kier molecular flexibility index (Phi) is 4.11. The van der Waals surface area contributed by atoms with Crippen molar-refractivity contribution in [3.8, 4) is 22.3 Å². The van der Waals surface area contributed by atoms with Gasteiger partial charge in [0.15, 0.2) is 0 Å². The summed E-state index contributed by atoms with van der Waals surface area (Å²) in [6.45, 7) is 1.79. The molecule has 3 nitrogen and oxygen atoms in total. The Balaban J connectivity index is 2.34. The molecule has 0 aliphatic rings. The van der Waals surface area contributed by atoms with Gasteiger partial charge in [-0.25, -0.2) is 4.79 Å². The molecule has 0 N–H and O–H groups in total. The fourth-order valence-electron chi connectivity index (χ4n) is 2.48. The molecular weight excluding hydrogens is 294 g/mol. The highest BCUT2D eigenvalue weighted by Gasteiger charge is 2.16. The number of hydrogen-bond acceptors (Lipinski definition) is 4. The van der Waals surface area contributed by atoms with E-state index in [2.05, 4.69) is 11.1 Å². The van der Waals surface area contributed by atoms with E-state index in [9.17, 15) is 4.79 Å². The third kappa shape index (κ3) is 2.70. The van der Waals surface area contributed by atoms with Crippen molar-refractivity contribution >= 4 is 11.8 Å². The van der Waals surface area contributed by atoms with E-state index in [4.69, 9.17) is 4.42 Å². The minimum atomic E-state index is -0.334. The number of aromatic nitrogens is 1. The summed E-state index contributed by atoms with van der Waals surface area (Å²) in [6.07, 6.45) is 5.41. The summed E-state index contributed by atoms with van der Waals surface area (Å²) in [4.78, 5) is 17.7. The third-order valence-electron chi connectivity index (χ3n) is 3.42. The molecule has 0 bridgehead atoms. The highest BCUT2D eigenvalue weighted by atomic mass is 32.2. The Labute approximate surface area is 133 Å². The average molecular weight is 309 g/mol. The third-order valence-corrected chi connectivity index (χ3v) is 4.22. The van der Waals surface area contributed by atoms with E-state index in [0.29, 0.717) is 11.3 Å². The van der Waals surface area contributed by atoms with Gasteiger partial charge in [-0.15, -0.1) is 11.8 Å². The van der Waals surface area contributed by atoms with E-state index in [1.54, 1.807) is 31.1 Å². The monoisotopic (exact) mass is 309 g/mol. The van der Waals surface area contributed by atoms with Crippen LogP contribution < -0.4 is 5.63 Å². The van der Waals surface area contributed by atoms with Crippen LogP contribution in [0.3, 0.4) is 0 Å². The first kappa shape index (κ1) is 14.6. The molecule has 0 radical (unpaired) electrons. The first-order valence-corrected chi connectivity index (χ1v) is 8.11. The molecule has 0 saturated heterocycles. The van der Waals surface area contributed by atoms with Gasteiger partial charge in [-0.3, -0.25) is 4.98 Å². The highest BCUT2D eigenvalue weighted by molar-refractivity contribution is 7.98. The lowest BCUT2D eigenvalue weighted by molar-refractivity contribution is 0.483. The standard InChI is InChI=1S/C18H15NO2S/c1-12-10-15(14-7-3-4-8-16(14)22-2)17(18(20)21-12)13-6-5-9-19-11-13/h3-11H,1-2H3. The Bertz CT molecular complexity index is 856. The highest BCUT2D eigenvalue weighted by Crippen LogP contribution is 2.35. The van der Waals surface area contributed by atoms with Crippen molar-refractivity contribution in [3.63, 3.8) is 0 Å². The molecule has 0 atom stereocenters. The van der Waals surface area contributed by atoms with E-state index in [1.165, 1.54) is 0 Å². The Hall–Kier alpha value is -2.33. The van der Waals surface area contributed by atoms with Crippen LogP contribution in [0.25, 0.3) is 22.3 Å². The molecule has 4 heteroatoms. The molecule has 0 aliphatic heterocycles. The fourth-order valence-corrected chi connectivity index (χ4v) is 3.09. The van der Waals surface area contributed by atoms with Crippen molar-refractivity contribution in [2.24, 2.45) is 0 Å². The van der Waals surface area contributed by atoms with Gasteiger partial charge in [-0.05, 0) is 36.9 Å². The van der Waals surface area contributed by atoms with Gasteiger partial charge >= 0.3 is 5.63 Å². The molecule has 0 aliphatic carbocycles. The van der Waals surface area contributed by atoms with E-state index in [-0.39, 0.29) is 5.63 Å². The maximum Gasteiger partial charge on any atom is 0.344 e. The number of rotatable bonds is 3. The number of thioether (sulfide) groups is 1. The molecule has 22 heavy (non-hydrogen) atoms. The van der Waals surface area contributed by atoms with Crippen molar-refractivity contribution < 1.29 is 4.42 Å². The second kappa shape index (κ2) is 6.20. The fraction of sp³-hybridized carbons (Fsp3) is 0.111. The zero-order valence-corrected chi connectivity index (χ0v) is 13.2. The molecule has 1 aromatic carbocycles. The number of hydrogen-bond donors (Lipinski definition) is 0. The van der Waals surface area contributed by atoms with Crippen molar-refractivity contribution in [1.29, 1.82) is 0 Å². The lowest BCUT2D eigenvalue weighted by Gasteiger charge is -2.12. The summed E-state index contributed by atoms with van der Waals surface area (Å²) < 4.78 is 5.31. The van der Waals surface area contributed by atoms with E-state index in [1.807, 2.05) is 42.7 Å². The van der Waals surface area contributed by atoms with Crippen LogP contribution in [0.1, 0.15) is 5.76 Å². The molecule has 110 valence electrons. The van der Waals surface area contributed by atoms with Crippen molar-refractivity contribution in [3.05, 3.63) is 71.0 Å². The van der Waals surface area contributed by atoms with Gasteiger partial charge in [0.25, 0.3) is 0 Å². The smallest absolute Gasteiger partial charge is 0.344 e. The van der Waals surface area contributed by atoms with Crippen LogP contribution in [0.5, 0.6) is 0 Å². The van der Waals surface area contributed by atoms with Gasteiger partial charge in [0.05, 0.1) is 5.56 Å². The summed E-state index contributed by atoms with van der Waals surface area (Å²) in [5.41, 5.74) is 2.90. The van der Waals surface area contributed by atoms with Crippen LogP contribution in [0, 0.1) is 6.92 Å². The molecule has 2 heterocycles. The largest absolute Gasteiger partial charge is 0.428 e. The number of benzene rings is 1. The summed E-state index contributed by atoms with van der Waals surface area (Å²) in [7, 11) is 0. The maximum atomic E-state index is 12.4. The minimum absolute atomic E-state index is 0.334. The van der Waals surface area contributed by atoms with Crippen LogP contribution in [0.4, 0.5) is 0 Å². The Morgan fingerprint density at radius 3 is 2.64 bits per heavy atom. The van der Waals surface area contributed by atoms with Gasteiger partial charge in [-0.1, -0.05) is 24.3 Å². The average Bonchev–Trinajstić information content (AvgIpc) is 2.55. The first-order chi connectivity index (χ1) is 10.7. The van der Waals surface area contributed by atoms with Crippen LogP contribution >= 0.6 is 11.8 Å². The SMILES string of the molecule is CSc1ccccc1-c1cc(C)oc(=O)c1-c1cccnc1. The molecule has 0 amide bonds. The zero-order valence-electron chi connectivity index (χ0n) is 12.4. The summed E-state index contributed by atoms with van der Waals surface area (Å²) in [5.74, 6) is 0.601. The minimum Gasteiger partial charge on any atom is -0.428 e. The zero-order chi connectivity index (χ0) is 15.5. The van der Waals surface area contributed by atoms with E-state index >= 15 is 0 Å². The van der Waals surface area contributed by atoms with Crippen LogP contribution in [0.2, 0.25) is 0 Å². The number of nitrogens with zero attached hydrogens (tertiary/aromatic N) is 1. The van der Waals surface area contributed by atoms with Gasteiger partial charge in [-0.2, -0.15) is 0 Å². The molecular formula is C18H15NO2S. The maximum absolute atomic E-state index is 12.4. The van der Waals surface area contributed by atoms with Gasteiger partial charge in [0.2, 0.25) is 0 Å². The van der Waals surface area contributed by atoms with Gasteiger partial charge < -0.3 is 4.42 Å². The second-order valence-corrected chi connectivity index (χ2v) is 5.72. The molecule has 3 aromatic rings. The van der Waals surface area contributed by atoms with E-state index in [0.717, 1.165) is 21.6 Å². The van der Waals surface area contributed by atoms with Crippen molar-refractivity contribution in [2.45, 2.75) is 11.8 Å². The quantitative estimate of drug-likeness (QED) is 0.673.